The summed E-state index contributed by atoms with van der Waals surface area (Å²) >= 11 is 1.57. The van der Waals surface area contributed by atoms with E-state index in [9.17, 15) is 13.2 Å². The fourth-order valence-corrected chi connectivity index (χ4v) is 6.64. The first-order valence-electron chi connectivity index (χ1n) is 7.44. The van der Waals surface area contributed by atoms with Gasteiger partial charge in [-0.25, -0.2) is 8.42 Å². The maximum absolute atomic E-state index is 13.1. The van der Waals surface area contributed by atoms with Crippen molar-refractivity contribution >= 4 is 27.6 Å². The summed E-state index contributed by atoms with van der Waals surface area (Å²) in [6.07, 6.45) is 0.263. The molecule has 0 aromatic heterocycles. The van der Waals surface area contributed by atoms with E-state index < -0.39 is 10.0 Å². The summed E-state index contributed by atoms with van der Waals surface area (Å²) < 4.78 is 27.7. The number of benzene rings is 1. The molecule has 1 aliphatic heterocycles. The number of aryl methyl sites for hydroxylation is 1. The Morgan fingerprint density at radius 3 is 2.41 bits per heavy atom. The van der Waals surface area contributed by atoms with Gasteiger partial charge in [-0.2, -0.15) is 4.31 Å². The van der Waals surface area contributed by atoms with Gasteiger partial charge in [-0.3, -0.25) is 4.79 Å². The second-order valence-electron chi connectivity index (χ2n) is 6.15. The summed E-state index contributed by atoms with van der Waals surface area (Å²) in [5.41, 5.74) is 1.02. The Labute approximate surface area is 137 Å². The lowest BCUT2D eigenvalue weighted by Gasteiger charge is -2.30. The number of nitrogens with zero attached hydrogens (tertiary/aromatic N) is 1. The Hall–Kier alpha value is -0.850. The molecule has 0 saturated carbocycles. The minimum Gasteiger partial charge on any atom is -0.300 e. The van der Waals surface area contributed by atoms with Gasteiger partial charge in [0, 0.05) is 18.2 Å². The second-order valence-corrected chi connectivity index (χ2v) is 9.21. The molecule has 0 bridgehead atoms. The van der Waals surface area contributed by atoms with E-state index in [-0.39, 0.29) is 29.5 Å². The molecule has 0 N–H and O–H groups in total. The van der Waals surface area contributed by atoms with Gasteiger partial charge in [0.15, 0.2) is 0 Å². The van der Waals surface area contributed by atoms with Gasteiger partial charge in [0.2, 0.25) is 10.0 Å². The number of thioether (sulfide) groups is 1. The number of sulfonamides is 1. The molecule has 1 aromatic rings. The maximum atomic E-state index is 13.1. The van der Waals surface area contributed by atoms with Gasteiger partial charge in [-0.1, -0.05) is 31.5 Å². The van der Waals surface area contributed by atoms with Gasteiger partial charge in [0.05, 0.1) is 10.3 Å². The maximum Gasteiger partial charge on any atom is 0.244 e. The van der Waals surface area contributed by atoms with Crippen LogP contribution in [0.3, 0.4) is 0 Å². The van der Waals surface area contributed by atoms with E-state index in [1.165, 1.54) is 6.92 Å². The molecule has 0 spiro atoms. The van der Waals surface area contributed by atoms with Gasteiger partial charge in [0.1, 0.15) is 5.78 Å². The Morgan fingerprint density at radius 1 is 1.32 bits per heavy atom. The number of Topliss-reactive ketones (excluding diaryl/α,β-unsaturated/α-hetero) is 1. The smallest absolute Gasteiger partial charge is 0.244 e. The molecule has 0 unspecified atom stereocenters. The Bertz CT molecular complexity index is 638. The molecule has 4 nitrogen and oxygen atoms in total. The van der Waals surface area contributed by atoms with Gasteiger partial charge in [-0.05, 0) is 31.9 Å². The first kappa shape index (κ1) is 17.5. The highest BCUT2D eigenvalue weighted by Crippen LogP contribution is 2.39. The summed E-state index contributed by atoms with van der Waals surface area (Å²) in [7, 11) is -3.58. The van der Waals surface area contributed by atoms with Crippen LogP contribution in [-0.2, 0) is 14.8 Å². The summed E-state index contributed by atoms with van der Waals surface area (Å²) in [6.45, 7) is 7.50. The second kappa shape index (κ2) is 6.72. The topological polar surface area (TPSA) is 54.5 Å². The molecule has 1 heterocycles. The standard InChI is InChI=1S/C16H23NO3S2/c1-11(2)15-10-21-16(9-13(4)18)17(15)22(19,20)14-7-5-12(3)6-8-14/h5-8,11,15-16H,9-10H2,1-4H3/t15-,16+/m0/s1. The van der Waals surface area contributed by atoms with Gasteiger partial charge < -0.3 is 0 Å². The monoisotopic (exact) mass is 341 g/mol. The van der Waals surface area contributed by atoms with Crippen molar-refractivity contribution in [2.75, 3.05) is 5.75 Å². The van der Waals surface area contributed by atoms with Gasteiger partial charge in [0.25, 0.3) is 0 Å². The van der Waals surface area contributed by atoms with E-state index in [1.54, 1.807) is 40.3 Å². The Morgan fingerprint density at radius 2 is 1.91 bits per heavy atom. The fourth-order valence-electron chi connectivity index (χ4n) is 2.62. The van der Waals surface area contributed by atoms with Crippen molar-refractivity contribution in [3.63, 3.8) is 0 Å². The molecular formula is C16H23NO3S2. The normalized spacial score (nSPS) is 23.1. The van der Waals surface area contributed by atoms with Crippen molar-refractivity contribution in [2.45, 2.75) is 50.4 Å². The highest BCUT2D eigenvalue weighted by molar-refractivity contribution is 8.01. The van der Waals surface area contributed by atoms with Crippen molar-refractivity contribution in [1.29, 1.82) is 0 Å². The predicted octanol–water partition coefficient (Wildman–Crippen LogP) is 3.06. The first-order valence-corrected chi connectivity index (χ1v) is 9.93. The average Bonchev–Trinajstić information content (AvgIpc) is 2.83. The van der Waals surface area contributed by atoms with Crippen LogP contribution in [0.4, 0.5) is 0 Å². The van der Waals surface area contributed by atoms with Crippen LogP contribution in [0, 0.1) is 12.8 Å². The third-order valence-electron chi connectivity index (χ3n) is 3.90. The highest BCUT2D eigenvalue weighted by Gasteiger charge is 2.44. The summed E-state index contributed by atoms with van der Waals surface area (Å²) in [4.78, 5) is 11.8. The lowest BCUT2D eigenvalue weighted by molar-refractivity contribution is -0.117. The Kier molecular flexibility index (Phi) is 5.35. The van der Waals surface area contributed by atoms with Crippen LogP contribution in [0.1, 0.15) is 32.8 Å². The largest absolute Gasteiger partial charge is 0.300 e. The molecule has 0 amide bonds. The number of hydrogen-bond donors (Lipinski definition) is 0. The van der Waals surface area contributed by atoms with Crippen molar-refractivity contribution in [3.8, 4) is 0 Å². The summed E-state index contributed by atoms with van der Waals surface area (Å²) in [6, 6.07) is 6.84. The minimum absolute atomic E-state index is 0.0195. The molecule has 1 aromatic carbocycles. The third kappa shape index (κ3) is 3.55. The number of carbonyl (C=O) groups excluding carboxylic acids is 1. The van der Waals surface area contributed by atoms with Crippen LogP contribution in [0.15, 0.2) is 29.2 Å². The molecular weight excluding hydrogens is 318 g/mol. The molecule has 1 fully saturated rings. The average molecular weight is 341 g/mol. The molecule has 0 aliphatic carbocycles. The Balaban J connectivity index is 2.42. The third-order valence-corrected chi connectivity index (χ3v) is 7.29. The summed E-state index contributed by atoms with van der Waals surface area (Å²) in [5.74, 6) is 0.969. The first-order chi connectivity index (χ1) is 10.2. The number of rotatable bonds is 5. The molecule has 2 atom stereocenters. The highest BCUT2D eigenvalue weighted by atomic mass is 32.2. The fraction of sp³-hybridized carbons (Fsp3) is 0.562. The molecule has 6 heteroatoms. The number of ketones is 1. The lowest BCUT2D eigenvalue weighted by atomic mass is 10.1. The van der Waals surface area contributed by atoms with E-state index in [4.69, 9.17) is 0 Å². The van der Waals surface area contributed by atoms with E-state index in [0.29, 0.717) is 4.90 Å². The number of carbonyl (C=O) groups is 1. The van der Waals surface area contributed by atoms with Crippen LogP contribution in [0.5, 0.6) is 0 Å². The zero-order chi connectivity index (χ0) is 16.5. The molecule has 1 aliphatic rings. The lowest BCUT2D eigenvalue weighted by Crippen LogP contribution is -2.44. The zero-order valence-corrected chi connectivity index (χ0v) is 15.1. The minimum atomic E-state index is -3.58. The van der Waals surface area contributed by atoms with Crippen LogP contribution in [0.25, 0.3) is 0 Å². The van der Waals surface area contributed by atoms with Crippen LogP contribution in [0.2, 0.25) is 0 Å². The van der Waals surface area contributed by atoms with Crippen molar-refractivity contribution in [3.05, 3.63) is 29.8 Å². The van der Waals surface area contributed by atoms with Crippen molar-refractivity contribution in [2.24, 2.45) is 5.92 Å². The summed E-state index contributed by atoms with van der Waals surface area (Å²) in [5, 5.41) is -0.295. The van der Waals surface area contributed by atoms with E-state index in [2.05, 4.69) is 0 Å². The van der Waals surface area contributed by atoms with Crippen molar-refractivity contribution < 1.29 is 13.2 Å². The van der Waals surface area contributed by atoms with Crippen LogP contribution in [-0.4, -0.2) is 35.7 Å². The number of hydrogen-bond acceptors (Lipinski definition) is 4. The molecule has 122 valence electrons. The predicted molar refractivity (Wildman–Crippen MR) is 90.4 cm³/mol. The molecule has 22 heavy (non-hydrogen) atoms. The van der Waals surface area contributed by atoms with E-state index in [1.807, 2.05) is 20.8 Å². The van der Waals surface area contributed by atoms with E-state index in [0.717, 1.165) is 11.3 Å². The SMILES string of the molecule is CC(=O)C[C@H]1SC[C@@H](C(C)C)N1S(=O)(=O)c1ccc(C)cc1. The molecule has 1 saturated heterocycles. The van der Waals surface area contributed by atoms with Crippen LogP contribution < -0.4 is 0 Å². The van der Waals surface area contributed by atoms with Gasteiger partial charge in [-0.15, -0.1) is 11.8 Å². The molecule has 0 radical (unpaired) electrons. The quantitative estimate of drug-likeness (QED) is 0.826. The van der Waals surface area contributed by atoms with Gasteiger partial charge >= 0.3 is 0 Å². The van der Waals surface area contributed by atoms with E-state index >= 15 is 0 Å². The van der Waals surface area contributed by atoms with Crippen LogP contribution >= 0.6 is 11.8 Å². The zero-order valence-electron chi connectivity index (χ0n) is 13.4. The van der Waals surface area contributed by atoms with Crippen molar-refractivity contribution in [1.82, 2.24) is 4.31 Å². The molecule has 2 rings (SSSR count).